The minimum absolute atomic E-state index is 0.0482. The topological polar surface area (TPSA) is 49.8 Å². The van der Waals surface area contributed by atoms with Gasteiger partial charge in [0.25, 0.3) is 0 Å². The van der Waals surface area contributed by atoms with Gasteiger partial charge in [-0.25, -0.2) is 4.79 Å². The molecular formula is C11H23NO3. The molecule has 0 aromatic carbocycles. The van der Waals surface area contributed by atoms with Crippen LogP contribution in [-0.2, 0) is 4.74 Å². The van der Waals surface area contributed by atoms with Crippen molar-refractivity contribution in [3.63, 3.8) is 0 Å². The van der Waals surface area contributed by atoms with Gasteiger partial charge >= 0.3 is 6.09 Å². The van der Waals surface area contributed by atoms with Crippen molar-refractivity contribution in [3.05, 3.63) is 0 Å². The minimum Gasteiger partial charge on any atom is -0.444 e. The summed E-state index contributed by atoms with van der Waals surface area (Å²) in [6, 6.07) is -0.195. The Morgan fingerprint density at radius 1 is 1.40 bits per heavy atom. The Morgan fingerprint density at radius 2 is 1.87 bits per heavy atom. The van der Waals surface area contributed by atoms with Gasteiger partial charge in [0.15, 0.2) is 0 Å². The van der Waals surface area contributed by atoms with E-state index in [0.29, 0.717) is 0 Å². The molecule has 1 atom stereocenters. The maximum absolute atomic E-state index is 11.7. The number of hydrogen-bond acceptors (Lipinski definition) is 3. The minimum atomic E-state index is -0.498. The van der Waals surface area contributed by atoms with Crippen LogP contribution in [0.1, 0.15) is 34.6 Å². The van der Waals surface area contributed by atoms with Crippen LogP contribution in [0, 0.1) is 5.92 Å². The van der Waals surface area contributed by atoms with Crippen molar-refractivity contribution in [2.24, 2.45) is 5.92 Å². The quantitative estimate of drug-likeness (QED) is 0.785. The SMILES string of the molecule is CC(C)[C@@H](CO)N(C)C(=O)OC(C)(C)C. The molecule has 4 heteroatoms. The van der Waals surface area contributed by atoms with Crippen LogP contribution in [0.25, 0.3) is 0 Å². The van der Waals surface area contributed by atoms with Gasteiger partial charge in [0.1, 0.15) is 5.60 Å². The summed E-state index contributed by atoms with van der Waals surface area (Å²) >= 11 is 0. The maximum Gasteiger partial charge on any atom is 0.410 e. The van der Waals surface area contributed by atoms with Crippen LogP contribution in [0.2, 0.25) is 0 Å². The maximum atomic E-state index is 11.7. The average molecular weight is 217 g/mol. The van der Waals surface area contributed by atoms with Crippen molar-refractivity contribution in [1.82, 2.24) is 4.90 Å². The molecule has 15 heavy (non-hydrogen) atoms. The lowest BCUT2D eigenvalue weighted by Crippen LogP contribution is -2.45. The second kappa shape index (κ2) is 5.35. The molecule has 0 aliphatic heterocycles. The van der Waals surface area contributed by atoms with E-state index in [-0.39, 0.29) is 18.6 Å². The number of carbonyl (C=O) groups is 1. The largest absolute Gasteiger partial charge is 0.444 e. The summed E-state index contributed by atoms with van der Waals surface area (Å²) in [5, 5.41) is 9.16. The van der Waals surface area contributed by atoms with E-state index in [1.54, 1.807) is 7.05 Å². The van der Waals surface area contributed by atoms with Gasteiger partial charge in [0, 0.05) is 7.05 Å². The first-order valence-electron chi connectivity index (χ1n) is 5.25. The van der Waals surface area contributed by atoms with Gasteiger partial charge in [-0.3, -0.25) is 0 Å². The summed E-state index contributed by atoms with van der Waals surface area (Å²) in [4.78, 5) is 13.1. The third kappa shape index (κ3) is 5.02. The molecule has 0 rings (SSSR count). The van der Waals surface area contributed by atoms with Crippen LogP contribution in [0.4, 0.5) is 4.79 Å². The standard InChI is InChI=1S/C11H23NO3/c1-8(2)9(7-13)12(6)10(14)15-11(3,4)5/h8-9,13H,7H2,1-6H3/t9-/m1/s1. The molecule has 0 aromatic heterocycles. The monoisotopic (exact) mass is 217 g/mol. The Morgan fingerprint density at radius 3 is 2.13 bits per heavy atom. The third-order valence-corrected chi connectivity index (χ3v) is 2.14. The van der Waals surface area contributed by atoms with Gasteiger partial charge in [-0.1, -0.05) is 13.8 Å². The molecule has 4 nitrogen and oxygen atoms in total. The van der Waals surface area contributed by atoms with E-state index in [0.717, 1.165) is 0 Å². The molecule has 90 valence electrons. The summed E-state index contributed by atoms with van der Waals surface area (Å²) in [5.74, 6) is 0.201. The van der Waals surface area contributed by atoms with E-state index in [1.165, 1.54) is 4.90 Å². The molecule has 1 N–H and O–H groups in total. The van der Waals surface area contributed by atoms with Crippen LogP contribution in [-0.4, -0.2) is 41.4 Å². The second-order valence-electron chi connectivity index (χ2n) is 5.09. The van der Waals surface area contributed by atoms with Gasteiger partial charge in [0.05, 0.1) is 12.6 Å². The van der Waals surface area contributed by atoms with Crippen molar-refractivity contribution in [2.45, 2.75) is 46.3 Å². The lowest BCUT2D eigenvalue weighted by molar-refractivity contribution is 0.0102. The number of aliphatic hydroxyl groups is 1. The summed E-state index contributed by atoms with van der Waals surface area (Å²) < 4.78 is 5.21. The Hall–Kier alpha value is -0.770. The van der Waals surface area contributed by atoms with E-state index in [1.807, 2.05) is 34.6 Å². The second-order valence-corrected chi connectivity index (χ2v) is 5.09. The number of rotatable bonds is 3. The lowest BCUT2D eigenvalue weighted by Gasteiger charge is -2.31. The van der Waals surface area contributed by atoms with Crippen LogP contribution in [0.5, 0.6) is 0 Å². The number of carbonyl (C=O) groups excluding carboxylic acids is 1. The van der Waals surface area contributed by atoms with Gasteiger partial charge in [-0.2, -0.15) is 0 Å². The summed E-state index contributed by atoms with van der Waals surface area (Å²) in [5.41, 5.74) is -0.498. The van der Waals surface area contributed by atoms with Crippen LogP contribution in [0.15, 0.2) is 0 Å². The molecule has 0 saturated carbocycles. The van der Waals surface area contributed by atoms with E-state index in [4.69, 9.17) is 9.84 Å². The number of aliphatic hydroxyl groups excluding tert-OH is 1. The number of ether oxygens (including phenoxy) is 1. The molecule has 0 saturated heterocycles. The number of nitrogens with zero attached hydrogens (tertiary/aromatic N) is 1. The van der Waals surface area contributed by atoms with Crippen molar-refractivity contribution in [2.75, 3.05) is 13.7 Å². The van der Waals surface area contributed by atoms with Gasteiger partial charge in [0.2, 0.25) is 0 Å². The molecule has 0 spiro atoms. The zero-order valence-electron chi connectivity index (χ0n) is 10.6. The molecule has 1 amide bonds. The fourth-order valence-electron chi connectivity index (χ4n) is 1.25. The predicted molar refractivity (Wildman–Crippen MR) is 59.7 cm³/mol. The van der Waals surface area contributed by atoms with E-state index < -0.39 is 11.7 Å². The molecule has 0 aliphatic rings. The molecule has 0 unspecified atom stereocenters. The summed E-state index contributed by atoms with van der Waals surface area (Å²) in [6.07, 6.45) is -0.393. The Labute approximate surface area is 92.2 Å². The molecule has 0 aromatic rings. The van der Waals surface area contributed by atoms with Crippen molar-refractivity contribution < 1.29 is 14.6 Å². The van der Waals surface area contributed by atoms with Gasteiger partial charge in [-0.05, 0) is 26.7 Å². The summed E-state index contributed by atoms with van der Waals surface area (Å²) in [7, 11) is 1.65. The zero-order chi connectivity index (χ0) is 12.2. The van der Waals surface area contributed by atoms with E-state index >= 15 is 0 Å². The molecule has 0 heterocycles. The molecule has 0 radical (unpaired) electrons. The van der Waals surface area contributed by atoms with E-state index in [9.17, 15) is 4.79 Å². The fourth-order valence-corrected chi connectivity index (χ4v) is 1.25. The Balaban J connectivity index is 4.42. The first kappa shape index (κ1) is 14.2. The van der Waals surface area contributed by atoms with E-state index in [2.05, 4.69) is 0 Å². The number of hydrogen-bond donors (Lipinski definition) is 1. The van der Waals surface area contributed by atoms with Crippen LogP contribution in [0.3, 0.4) is 0 Å². The first-order valence-corrected chi connectivity index (χ1v) is 5.25. The number of amides is 1. The highest BCUT2D eigenvalue weighted by atomic mass is 16.6. The van der Waals surface area contributed by atoms with Crippen molar-refractivity contribution >= 4 is 6.09 Å². The molecular weight excluding hydrogens is 194 g/mol. The predicted octanol–water partition coefficient (Wildman–Crippen LogP) is 1.87. The smallest absolute Gasteiger partial charge is 0.410 e. The van der Waals surface area contributed by atoms with Gasteiger partial charge in [-0.15, -0.1) is 0 Å². The molecule has 0 aliphatic carbocycles. The highest BCUT2D eigenvalue weighted by molar-refractivity contribution is 5.68. The Kier molecular flexibility index (Phi) is 5.08. The third-order valence-electron chi connectivity index (χ3n) is 2.14. The molecule has 0 fully saturated rings. The normalized spacial score (nSPS) is 13.9. The summed E-state index contributed by atoms with van der Waals surface area (Å²) in [6.45, 7) is 9.34. The molecule has 0 bridgehead atoms. The van der Waals surface area contributed by atoms with Crippen molar-refractivity contribution in [3.8, 4) is 0 Å². The number of likely N-dealkylation sites (N-methyl/N-ethyl adjacent to an activating group) is 1. The van der Waals surface area contributed by atoms with Crippen LogP contribution >= 0.6 is 0 Å². The average Bonchev–Trinajstić information content (AvgIpc) is 2.01. The fraction of sp³-hybridized carbons (Fsp3) is 0.909. The highest BCUT2D eigenvalue weighted by Gasteiger charge is 2.26. The van der Waals surface area contributed by atoms with Crippen molar-refractivity contribution in [1.29, 1.82) is 0 Å². The van der Waals surface area contributed by atoms with Crippen LogP contribution < -0.4 is 0 Å². The first-order chi connectivity index (χ1) is 6.69. The highest BCUT2D eigenvalue weighted by Crippen LogP contribution is 2.14. The Bertz CT molecular complexity index is 208. The van der Waals surface area contributed by atoms with Gasteiger partial charge < -0.3 is 14.7 Å². The lowest BCUT2D eigenvalue weighted by atomic mass is 10.0. The zero-order valence-corrected chi connectivity index (χ0v) is 10.6.